The highest BCUT2D eigenvalue weighted by molar-refractivity contribution is 5.98. The Labute approximate surface area is 187 Å². The SMILES string of the molecule is CCC(=O)N(C)C[C@H]1Oc2ncc(-c3ccccc3F)cc2C(=O)N([C@H](C)CO)C[C@@H]1C. The van der Waals surface area contributed by atoms with E-state index in [0.717, 1.165) is 0 Å². The molecule has 2 aromatic rings. The predicted octanol–water partition coefficient (Wildman–Crippen LogP) is 2.98. The lowest BCUT2D eigenvalue weighted by atomic mass is 9.99. The zero-order chi connectivity index (χ0) is 23.4. The molecule has 1 aromatic carbocycles. The molecule has 0 radical (unpaired) electrons. The Hall–Kier alpha value is -3.00. The number of nitrogens with zero attached hydrogens (tertiary/aromatic N) is 3. The second kappa shape index (κ2) is 10.1. The topological polar surface area (TPSA) is 83.0 Å². The van der Waals surface area contributed by atoms with Crippen LogP contribution >= 0.6 is 0 Å². The van der Waals surface area contributed by atoms with E-state index in [4.69, 9.17) is 4.74 Å². The molecular formula is C24H30FN3O4. The van der Waals surface area contributed by atoms with E-state index in [9.17, 15) is 19.1 Å². The van der Waals surface area contributed by atoms with E-state index in [1.165, 1.54) is 12.3 Å². The first-order valence-corrected chi connectivity index (χ1v) is 10.8. The largest absolute Gasteiger partial charge is 0.472 e. The minimum atomic E-state index is -0.427. The van der Waals surface area contributed by atoms with Crippen molar-refractivity contribution in [2.24, 2.45) is 5.92 Å². The number of aliphatic hydroxyl groups excluding tert-OH is 1. The molecule has 8 heteroatoms. The van der Waals surface area contributed by atoms with E-state index >= 15 is 0 Å². The summed E-state index contributed by atoms with van der Waals surface area (Å²) in [5.41, 5.74) is 0.990. The number of carbonyl (C=O) groups is 2. The minimum absolute atomic E-state index is 0.0115. The van der Waals surface area contributed by atoms with Crippen LogP contribution in [0.25, 0.3) is 11.1 Å². The molecule has 7 nitrogen and oxygen atoms in total. The first-order valence-electron chi connectivity index (χ1n) is 10.8. The van der Waals surface area contributed by atoms with Crippen molar-refractivity contribution in [3.8, 4) is 17.0 Å². The molecule has 0 aliphatic carbocycles. The number of amides is 2. The van der Waals surface area contributed by atoms with Gasteiger partial charge in [0.2, 0.25) is 11.8 Å². The van der Waals surface area contributed by atoms with Crippen LogP contribution in [0.4, 0.5) is 4.39 Å². The lowest BCUT2D eigenvalue weighted by Gasteiger charge is -2.37. The van der Waals surface area contributed by atoms with Crippen molar-refractivity contribution in [3.05, 3.63) is 47.9 Å². The van der Waals surface area contributed by atoms with Crippen molar-refractivity contribution in [2.75, 3.05) is 26.7 Å². The molecule has 1 N–H and O–H groups in total. The van der Waals surface area contributed by atoms with Crippen LogP contribution < -0.4 is 4.74 Å². The van der Waals surface area contributed by atoms with Crippen LogP contribution in [0.1, 0.15) is 37.6 Å². The number of benzene rings is 1. The highest BCUT2D eigenvalue weighted by atomic mass is 19.1. The molecule has 0 bridgehead atoms. The lowest BCUT2D eigenvalue weighted by Crippen LogP contribution is -2.50. The molecule has 2 amide bonds. The fourth-order valence-corrected chi connectivity index (χ4v) is 3.80. The van der Waals surface area contributed by atoms with E-state index in [0.29, 0.717) is 30.6 Å². The molecule has 0 unspecified atom stereocenters. The summed E-state index contributed by atoms with van der Waals surface area (Å²) in [6.45, 7) is 5.97. The zero-order valence-corrected chi connectivity index (χ0v) is 18.9. The number of aliphatic hydroxyl groups is 1. The van der Waals surface area contributed by atoms with Crippen LogP contribution in [0.3, 0.4) is 0 Å². The van der Waals surface area contributed by atoms with Gasteiger partial charge in [0.05, 0.1) is 19.2 Å². The van der Waals surface area contributed by atoms with Gasteiger partial charge in [-0.3, -0.25) is 9.59 Å². The third kappa shape index (κ3) is 4.91. The monoisotopic (exact) mass is 443 g/mol. The Morgan fingerprint density at radius 2 is 2.09 bits per heavy atom. The minimum Gasteiger partial charge on any atom is -0.472 e. The van der Waals surface area contributed by atoms with Gasteiger partial charge in [-0.1, -0.05) is 32.0 Å². The molecule has 0 spiro atoms. The quantitative estimate of drug-likeness (QED) is 0.742. The Kier molecular flexibility index (Phi) is 7.45. The Morgan fingerprint density at radius 1 is 1.38 bits per heavy atom. The van der Waals surface area contributed by atoms with Gasteiger partial charge in [0.1, 0.15) is 17.5 Å². The highest BCUT2D eigenvalue weighted by Gasteiger charge is 2.34. The van der Waals surface area contributed by atoms with E-state index in [1.807, 2.05) is 6.92 Å². The van der Waals surface area contributed by atoms with Crippen molar-refractivity contribution in [3.63, 3.8) is 0 Å². The number of aromatic nitrogens is 1. The number of halogens is 1. The van der Waals surface area contributed by atoms with E-state index in [1.54, 1.807) is 55.0 Å². The number of hydrogen-bond donors (Lipinski definition) is 1. The van der Waals surface area contributed by atoms with Crippen molar-refractivity contribution in [1.82, 2.24) is 14.8 Å². The van der Waals surface area contributed by atoms with E-state index in [-0.39, 0.29) is 35.8 Å². The molecule has 0 saturated heterocycles. The standard InChI is InChI=1S/C24H30FN3O4/c1-5-22(30)27(4)13-21-15(2)12-28(16(3)14-29)24(31)19-10-17(11-26-23(19)32-21)18-8-6-7-9-20(18)25/h6-11,15-16,21,29H,5,12-14H2,1-4H3/t15-,16+,21+/m0/s1. The Balaban J connectivity index is 2.05. The van der Waals surface area contributed by atoms with Gasteiger partial charge in [-0.25, -0.2) is 9.37 Å². The number of pyridine rings is 1. The summed E-state index contributed by atoms with van der Waals surface area (Å²) in [4.78, 5) is 33.1. The molecule has 3 atom stereocenters. The highest BCUT2D eigenvalue weighted by Crippen LogP contribution is 2.31. The molecule has 0 fully saturated rings. The molecule has 32 heavy (non-hydrogen) atoms. The van der Waals surface area contributed by atoms with Gasteiger partial charge >= 0.3 is 0 Å². The summed E-state index contributed by atoms with van der Waals surface area (Å²) in [5, 5.41) is 9.74. The molecule has 172 valence electrons. The molecule has 3 rings (SSSR count). The number of hydrogen-bond acceptors (Lipinski definition) is 5. The second-order valence-electron chi connectivity index (χ2n) is 8.31. The average molecular weight is 444 g/mol. The number of ether oxygens (including phenoxy) is 1. The van der Waals surface area contributed by atoms with Crippen molar-refractivity contribution >= 4 is 11.8 Å². The molecule has 1 aliphatic rings. The lowest BCUT2D eigenvalue weighted by molar-refractivity contribution is -0.131. The normalized spacial score (nSPS) is 19.4. The molecular weight excluding hydrogens is 413 g/mol. The van der Waals surface area contributed by atoms with Gasteiger partial charge in [0.25, 0.3) is 5.91 Å². The van der Waals surface area contributed by atoms with E-state index in [2.05, 4.69) is 4.98 Å². The van der Waals surface area contributed by atoms with Gasteiger partial charge in [0, 0.05) is 43.3 Å². The van der Waals surface area contributed by atoms with Crippen LogP contribution in [0.15, 0.2) is 36.5 Å². The maximum atomic E-state index is 14.4. The molecule has 2 heterocycles. The van der Waals surface area contributed by atoms with Crippen LogP contribution in [0.2, 0.25) is 0 Å². The van der Waals surface area contributed by atoms with Crippen LogP contribution in [0.5, 0.6) is 5.88 Å². The first-order chi connectivity index (χ1) is 15.3. The summed E-state index contributed by atoms with van der Waals surface area (Å²) in [6, 6.07) is 7.43. The van der Waals surface area contributed by atoms with Gasteiger partial charge in [0.15, 0.2) is 0 Å². The summed E-state index contributed by atoms with van der Waals surface area (Å²) in [7, 11) is 1.72. The smallest absolute Gasteiger partial charge is 0.259 e. The van der Waals surface area contributed by atoms with E-state index < -0.39 is 18.0 Å². The average Bonchev–Trinajstić information content (AvgIpc) is 2.80. The maximum Gasteiger partial charge on any atom is 0.259 e. The van der Waals surface area contributed by atoms with Gasteiger partial charge in [-0.05, 0) is 19.1 Å². The first kappa shape index (κ1) is 23.7. The van der Waals surface area contributed by atoms with Crippen LogP contribution in [0, 0.1) is 11.7 Å². The Bertz CT molecular complexity index is 983. The van der Waals surface area contributed by atoms with Crippen molar-refractivity contribution in [2.45, 2.75) is 39.3 Å². The summed E-state index contributed by atoms with van der Waals surface area (Å²) in [6.07, 6.45) is 1.45. The van der Waals surface area contributed by atoms with Crippen LogP contribution in [-0.4, -0.2) is 70.6 Å². The van der Waals surface area contributed by atoms with Gasteiger partial charge in [-0.2, -0.15) is 0 Å². The summed E-state index contributed by atoms with van der Waals surface area (Å²) >= 11 is 0. The second-order valence-corrected chi connectivity index (χ2v) is 8.31. The number of likely N-dealkylation sites (N-methyl/N-ethyl adjacent to an activating group) is 1. The predicted molar refractivity (Wildman–Crippen MR) is 119 cm³/mol. The summed E-state index contributed by atoms with van der Waals surface area (Å²) < 4.78 is 20.5. The number of fused-ring (bicyclic) bond motifs is 1. The van der Waals surface area contributed by atoms with Crippen molar-refractivity contribution < 1.29 is 23.8 Å². The van der Waals surface area contributed by atoms with Crippen LogP contribution in [-0.2, 0) is 4.79 Å². The van der Waals surface area contributed by atoms with Gasteiger partial charge < -0.3 is 19.6 Å². The fraction of sp³-hybridized carbons (Fsp3) is 0.458. The molecule has 1 aromatic heterocycles. The van der Waals surface area contributed by atoms with Crippen molar-refractivity contribution in [1.29, 1.82) is 0 Å². The number of carbonyl (C=O) groups excluding carboxylic acids is 2. The summed E-state index contributed by atoms with van der Waals surface area (Å²) in [5.74, 6) is -0.751. The fourth-order valence-electron chi connectivity index (χ4n) is 3.80. The number of rotatable bonds is 6. The Morgan fingerprint density at radius 3 is 2.75 bits per heavy atom. The third-order valence-corrected chi connectivity index (χ3v) is 5.89. The third-order valence-electron chi connectivity index (χ3n) is 5.89. The molecule has 1 aliphatic heterocycles. The zero-order valence-electron chi connectivity index (χ0n) is 18.9. The van der Waals surface area contributed by atoms with Gasteiger partial charge in [-0.15, -0.1) is 0 Å². The maximum absolute atomic E-state index is 14.4. The molecule has 0 saturated carbocycles.